The maximum absolute atomic E-state index is 5.50. The molecule has 0 aromatic heterocycles. The topological polar surface area (TPSA) is 18.5 Å². The number of hydrogen-bond acceptors (Lipinski definition) is 2. The zero-order valence-corrected chi connectivity index (χ0v) is 15.6. The highest BCUT2D eigenvalue weighted by Gasteiger charge is 2.10. The smallest absolute Gasteiger partial charge is 0.146 e. The fraction of sp³-hybridized carbons (Fsp3) is 1.00. The van der Waals surface area contributed by atoms with Crippen LogP contribution in [0.4, 0.5) is 0 Å². The van der Waals surface area contributed by atoms with E-state index >= 15 is 0 Å². The molecule has 0 heterocycles. The molecule has 0 rings (SSSR count). The van der Waals surface area contributed by atoms with Crippen LogP contribution in [0.2, 0.25) is 0 Å². The predicted molar refractivity (Wildman–Crippen MR) is 91.5 cm³/mol. The lowest BCUT2D eigenvalue weighted by Crippen LogP contribution is -2.08. The van der Waals surface area contributed by atoms with Gasteiger partial charge in [-0.05, 0) is 43.9 Å². The van der Waals surface area contributed by atoms with E-state index in [-0.39, 0.29) is 0 Å². The molecule has 0 radical (unpaired) electrons. The van der Waals surface area contributed by atoms with Crippen LogP contribution in [0, 0.1) is 11.8 Å². The Kier molecular flexibility index (Phi) is 14.6. The van der Waals surface area contributed by atoms with E-state index in [2.05, 4.69) is 43.6 Å². The van der Waals surface area contributed by atoms with Crippen molar-refractivity contribution >= 4 is 15.9 Å². The van der Waals surface area contributed by atoms with Crippen LogP contribution >= 0.6 is 15.9 Å². The van der Waals surface area contributed by atoms with E-state index < -0.39 is 0 Å². The van der Waals surface area contributed by atoms with Gasteiger partial charge in [-0.25, -0.2) is 0 Å². The monoisotopic (exact) mass is 350 g/mol. The molecule has 0 amide bonds. The van der Waals surface area contributed by atoms with Gasteiger partial charge in [0, 0.05) is 18.0 Å². The minimum absolute atomic E-state index is 0.468. The van der Waals surface area contributed by atoms with Crippen molar-refractivity contribution in [3.8, 4) is 0 Å². The van der Waals surface area contributed by atoms with Crippen LogP contribution in [0.1, 0.15) is 72.6 Å². The van der Waals surface area contributed by atoms with Crippen LogP contribution in [0.15, 0.2) is 0 Å². The van der Waals surface area contributed by atoms with E-state index in [4.69, 9.17) is 9.47 Å². The Morgan fingerprint density at radius 3 is 2.10 bits per heavy atom. The molecule has 0 aliphatic heterocycles. The lowest BCUT2D eigenvalue weighted by atomic mass is 9.91. The molecule has 0 aromatic rings. The molecule has 0 aliphatic rings. The number of rotatable bonds is 14. The van der Waals surface area contributed by atoms with Crippen LogP contribution in [0.5, 0.6) is 0 Å². The van der Waals surface area contributed by atoms with E-state index in [1.165, 1.54) is 32.1 Å². The summed E-state index contributed by atoms with van der Waals surface area (Å²) >= 11 is 3.63. The lowest BCUT2D eigenvalue weighted by Gasteiger charge is -2.18. The fourth-order valence-electron chi connectivity index (χ4n) is 2.62. The molecule has 0 N–H and O–H groups in total. The summed E-state index contributed by atoms with van der Waals surface area (Å²) in [5.74, 6) is 1.60. The number of halogens is 1. The summed E-state index contributed by atoms with van der Waals surface area (Å²) in [5.41, 5.74) is 0. The summed E-state index contributed by atoms with van der Waals surface area (Å²) < 4.78 is 10.9. The number of unbranched alkanes of at least 4 members (excludes halogenated alkanes) is 2. The summed E-state index contributed by atoms with van der Waals surface area (Å²) in [6.07, 6.45) is 8.65. The van der Waals surface area contributed by atoms with Gasteiger partial charge in [0.05, 0.1) is 0 Å². The maximum Gasteiger partial charge on any atom is 0.146 e. The lowest BCUT2D eigenvalue weighted by molar-refractivity contribution is -0.0560. The SMILES string of the molecule is CCCCCOCOCCCC(C)CC(C)CC(C)Br. The molecule has 0 aliphatic carbocycles. The average molecular weight is 351 g/mol. The second-order valence-corrected chi connectivity index (χ2v) is 7.81. The molecule has 0 aromatic carbocycles. The Labute approximate surface area is 135 Å². The Balaban J connectivity index is 3.28. The number of ether oxygens (including phenoxy) is 2. The molecule has 3 heteroatoms. The first-order chi connectivity index (χ1) is 9.56. The van der Waals surface area contributed by atoms with Crippen molar-refractivity contribution in [3.05, 3.63) is 0 Å². The molecule has 0 fully saturated rings. The Morgan fingerprint density at radius 2 is 1.50 bits per heavy atom. The predicted octanol–water partition coefficient (Wildman–Crippen LogP) is 5.78. The highest BCUT2D eigenvalue weighted by atomic mass is 79.9. The van der Waals surface area contributed by atoms with Gasteiger partial charge in [-0.3, -0.25) is 0 Å². The molecule has 0 saturated carbocycles. The first kappa shape index (κ1) is 20.4. The summed E-state index contributed by atoms with van der Waals surface area (Å²) in [4.78, 5) is 0.637. The molecule has 3 atom stereocenters. The van der Waals surface area contributed by atoms with Gasteiger partial charge in [0.1, 0.15) is 6.79 Å². The van der Waals surface area contributed by atoms with Crippen LogP contribution in [0.25, 0.3) is 0 Å². The number of alkyl halides is 1. The van der Waals surface area contributed by atoms with Gasteiger partial charge in [0.25, 0.3) is 0 Å². The van der Waals surface area contributed by atoms with Gasteiger partial charge in [-0.15, -0.1) is 0 Å². The van der Waals surface area contributed by atoms with Gasteiger partial charge < -0.3 is 9.47 Å². The second-order valence-electron chi connectivity index (χ2n) is 6.25. The van der Waals surface area contributed by atoms with Gasteiger partial charge in [-0.2, -0.15) is 0 Å². The number of hydrogen-bond donors (Lipinski definition) is 0. The van der Waals surface area contributed by atoms with Crippen molar-refractivity contribution < 1.29 is 9.47 Å². The van der Waals surface area contributed by atoms with E-state index in [0.717, 1.165) is 37.9 Å². The van der Waals surface area contributed by atoms with Crippen molar-refractivity contribution in [3.63, 3.8) is 0 Å². The van der Waals surface area contributed by atoms with E-state index in [1.54, 1.807) is 0 Å². The van der Waals surface area contributed by atoms with Crippen LogP contribution in [-0.2, 0) is 9.47 Å². The minimum Gasteiger partial charge on any atom is -0.355 e. The fourth-order valence-corrected chi connectivity index (χ4v) is 3.26. The molecule has 0 spiro atoms. The highest BCUT2D eigenvalue weighted by Crippen LogP contribution is 2.22. The third-order valence-corrected chi connectivity index (χ3v) is 3.95. The first-order valence-corrected chi connectivity index (χ1v) is 9.27. The zero-order valence-electron chi connectivity index (χ0n) is 14.0. The summed E-state index contributed by atoms with van der Waals surface area (Å²) in [7, 11) is 0. The quantitative estimate of drug-likeness (QED) is 0.224. The minimum atomic E-state index is 0.468. The van der Waals surface area contributed by atoms with Gasteiger partial charge >= 0.3 is 0 Å². The van der Waals surface area contributed by atoms with Gasteiger partial charge in [0.15, 0.2) is 0 Å². The van der Waals surface area contributed by atoms with Crippen LogP contribution in [-0.4, -0.2) is 24.8 Å². The van der Waals surface area contributed by atoms with E-state index in [1.807, 2.05) is 0 Å². The van der Waals surface area contributed by atoms with Crippen LogP contribution < -0.4 is 0 Å². The molecule has 0 saturated heterocycles. The normalized spacial score (nSPS) is 16.1. The van der Waals surface area contributed by atoms with Crippen molar-refractivity contribution in [2.24, 2.45) is 11.8 Å². The van der Waals surface area contributed by atoms with Crippen molar-refractivity contribution in [1.29, 1.82) is 0 Å². The van der Waals surface area contributed by atoms with E-state index in [9.17, 15) is 0 Å². The first-order valence-electron chi connectivity index (χ1n) is 8.35. The average Bonchev–Trinajstić information content (AvgIpc) is 2.35. The molecule has 2 nitrogen and oxygen atoms in total. The second kappa shape index (κ2) is 14.3. The summed E-state index contributed by atoms with van der Waals surface area (Å²) in [6, 6.07) is 0. The summed E-state index contributed by atoms with van der Waals surface area (Å²) in [6.45, 7) is 11.3. The highest BCUT2D eigenvalue weighted by molar-refractivity contribution is 9.09. The Hall–Kier alpha value is 0.400. The molecule has 122 valence electrons. The summed E-state index contributed by atoms with van der Waals surface area (Å²) in [5, 5.41) is 0. The third-order valence-electron chi connectivity index (χ3n) is 3.58. The van der Waals surface area contributed by atoms with Gasteiger partial charge in [0.2, 0.25) is 0 Å². The van der Waals surface area contributed by atoms with Crippen LogP contribution in [0.3, 0.4) is 0 Å². The molecular formula is C17H35BrO2. The molecular weight excluding hydrogens is 316 g/mol. The van der Waals surface area contributed by atoms with Gasteiger partial charge in [-0.1, -0.05) is 56.5 Å². The molecule has 3 unspecified atom stereocenters. The van der Waals surface area contributed by atoms with E-state index in [0.29, 0.717) is 11.6 Å². The zero-order chi connectivity index (χ0) is 15.2. The largest absolute Gasteiger partial charge is 0.355 e. The maximum atomic E-state index is 5.50. The molecule has 0 bridgehead atoms. The van der Waals surface area contributed by atoms with Crippen molar-refractivity contribution in [2.75, 3.05) is 20.0 Å². The Morgan fingerprint density at radius 1 is 0.850 bits per heavy atom. The standard InChI is InChI=1S/C17H35BrO2/c1-5-6-7-10-19-14-20-11-8-9-15(2)12-16(3)13-17(4)18/h15-17H,5-14H2,1-4H3. The molecule has 20 heavy (non-hydrogen) atoms. The van der Waals surface area contributed by atoms with Crippen molar-refractivity contribution in [2.45, 2.75) is 77.5 Å². The van der Waals surface area contributed by atoms with Crippen molar-refractivity contribution in [1.82, 2.24) is 0 Å². The third kappa shape index (κ3) is 14.8. The Bertz CT molecular complexity index is 197.